The molecule has 0 spiro atoms. The van der Waals surface area contributed by atoms with Gasteiger partial charge in [0.15, 0.2) is 0 Å². The first-order valence-electron chi connectivity index (χ1n) is 7.93. The summed E-state index contributed by atoms with van der Waals surface area (Å²) in [6.07, 6.45) is 9.36. The zero-order valence-electron chi connectivity index (χ0n) is 11.9. The molecule has 0 aromatic carbocycles. The van der Waals surface area contributed by atoms with Crippen LogP contribution in [-0.2, 0) is 9.47 Å². The fraction of sp³-hybridized carbons (Fsp3) is 0.875. The minimum atomic E-state index is 0.356. The van der Waals surface area contributed by atoms with Crippen molar-refractivity contribution in [1.82, 2.24) is 4.90 Å². The van der Waals surface area contributed by atoms with Crippen molar-refractivity contribution in [1.29, 1.82) is 0 Å². The Morgan fingerprint density at radius 3 is 2.84 bits per heavy atom. The summed E-state index contributed by atoms with van der Waals surface area (Å²) in [5.41, 5.74) is 0. The quantitative estimate of drug-likeness (QED) is 0.713. The van der Waals surface area contributed by atoms with Gasteiger partial charge in [0.25, 0.3) is 0 Å². The second-order valence-corrected chi connectivity index (χ2v) is 6.39. The van der Waals surface area contributed by atoms with Crippen molar-refractivity contribution in [3.8, 4) is 0 Å². The highest BCUT2D eigenvalue weighted by Gasteiger charge is 2.46. The lowest BCUT2D eigenvalue weighted by Crippen LogP contribution is -2.37. The molecule has 2 saturated heterocycles. The maximum absolute atomic E-state index is 5.95. The number of fused-ring (bicyclic) bond motifs is 1. The van der Waals surface area contributed by atoms with Gasteiger partial charge >= 0.3 is 0 Å². The molecule has 2 heterocycles. The van der Waals surface area contributed by atoms with Gasteiger partial charge in [-0.15, -0.1) is 6.58 Å². The lowest BCUT2D eigenvalue weighted by molar-refractivity contribution is 0.0330. The molecule has 2 aliphatic heterocycles. The standard InChI is InChI=1S/C16H27NO2/c1-2-8-19-16-10-17(15-12-18-11-14(15)16)9-13-6-4-3-5-7-13/h2,13-16H,1,3-12H2/t14-,15+,16+/m0/s1. The number of hydrogen-bond donors (Lipinski definition) is 0. The molecular formula is C16H27NO2. The Kier molecular flexibility index (Phi) is 4.57. The van der Waals surface area contributed by atoms with Crippen LogP contribution in [0.4, 0.5) is 0 Å². The van der Waals surface area contributed by atoms with Crippen LogP contribution in [0.25, 0.3) is 0 Å². The molecule has 3 fully saturated rings. The molecule has 3 heteroatoms. The van der Waals surface area contributed by atoms with Gasteiger partial charge in [-0.25, -0.2) is 0 Å². The van der Waals surface area contributed by atoms with Gasteiger partial charge in [0.2, 0.25) is 0 Å². The number of ether oxygens (including phenoxy) is 2. The molecule has 3 rings (SSSR count). The van der Waals surface area contributed by atoms with Crippen LogP contribution < -0.4 is 0 Å². The lowest BCUT2D eigenvalue weighted by Gasteiger charge is -2.29. The van der Waals surface area contributed by atoms with Crippen LogP contribution in [-0.4, -0.2) is 50.0 Å². The van der Waals surface area contributed by atoms with E-state index in [9.17, 15) is 0 Å². The molecule has 0 aromatic heterocycles. The summed E-state index contributed by atoms with van der Waals surface area (Å²) in [7, 11) is 0. The number of likely N-dealkylation sites (tertiary alicyclic amines) is 1. The highest BCUT2D eigenvalue weighted by atomic mass is 16.5. The molecule has 3 aliphatic rings. The molecule has 0 N–H and O–H groups in total. The second kappa shape index (κ2) is 6.38. The maximum atomic E-state index is 5.95. The lowest BCUT2D eigenvalue weighted by atomic mass is 9.89. The first-order chi connectivity index (χ1) is 9.38. The topological polar surface area (TPSA) is 21.7 Å². The van der Waals surface area contributed by atoms with Gasteiger partial charge in [-0.2, -0.15) is 0 Å². The molecule has 3 nitrogen and oxygen atoms in total. The molecular weight excluding hydrogens is 238 g/mol. The van der Waals surface area contributed by atoms with Crippen molar-refractivity contribution in [3.63, 3.8) is 0 Å². The van der Waals surface area contributed by atoms with E-state index in [1.807, 2.05) is 6.08 Å². The number of nitrogens with zero attached hydrogens (tertiary/aromatic N) is 1. The summed E-state index contributed by atoms with van der Waals surface area (Å²) in [4.78, 5) is 2.65. The van der Waals surface area contributed by atoms with Gasteiger partial charge in [-0.1, -0.05) is 25.3 Å². The maximum Gasteiger partial charge on any atom is 0.0772 e. The van der Waals surface area contributed by atoms with E-state index in [0.29, 0.717) is 24.7 Å². The minimum Gasteiger partial charge on any atom is -0.379 e. The Morgan fingerprint density at radius 2 is 2.05 bits per heavy atom. The van der Waals surface area contributed by atoms with Crippen LogP contribution in [0.5, 0.6) is 0 Å². The van der Waals surface area contributed by atoms with Crippen molar-refractivity contribution in [2.45, 2.75) is 44.2 Å². The van der Waals surface area contributed by atoms with Crippen LogP contribution >= 0.6 is 0 Å². The zero-order valence-corrected chi connectivity index (χ0v) is 11.9. The molecule has 0 aromatic rings. The van der Waals surface area contributed by atoms with Gasteiger partial charge in [0, 0.05) is 25.0 Å². The predicted octanol–water partition coefficient (Wildman–Crippen LogP) is 2.47. The van der Waals surface area contributed by atoms with Crippen LogP contribution in [0.15, 0.2) is 12.7 Å². The summed E-state index contributed by atoms with van der Waals surface area (Å²) in [6.45, 7) is 8.57. The van der Waals surface area contributed by atoms with E-state index < -0.39 is 0 Å². The van der Waals surface area contributed by atoms with Gasteiger partial charge in [0.1, 0.15) is 0 Å². The van der Waals surface area contributed by atoms with Crippen LogP contribution in [0.2, 0.25) is 0 Å². The molecule has 0 amide bonds. The van der Waals surface area contributed by atoms with E-state index >= 15 is 0 Å². The molecule has 0 unspecified atom stereocenters. The summed E-state index contributed by atoms with van der Waals surface area (Å²) >= 11 is 0. The van der Waals surface area contributed by atoms with Crippen LogP contribution in [0.3, 0.4) is 0 Å². The Morgan fingerprint density at radius 1 is 1.21 bits per heavy atom. The van der Waals surface area contributed by atoms with Crippen molar-refractivity contribution in [2.24, 2.45) is 11.8 Å². The van der Waals surface area contributed by atoms with Gasteiger partial charge in [0.05, 0.1) is 25.9 Å². The van der Waals surface area contributed by atoms with Gasteiger partial charge < -0.3 is 9.47 Å². The van der Waals surface area contributed by atoms with Crippen LogP contribution in [0.1, 0.15) is 32.1 Å². The molecule has 19 heavy (non-hydrogen) atoms. The largest absolute Gasteiger partial charge is 0.379 e. The number of hydrogen-bond acceptors (Lipinski definition) is 3. The second-order valence-electron chi connectivity index (χ2n) is 6.39. The fourth-order valence-corrected chi connectivity index (χ4v) is 4.07. The third-order valence-electron chi connectivity index (χ3n) is 5.10. The third kappa shape index (κ3) is 3.04. The van der Waals surface area contributed by atoms with Crippen molar-refractivity contribution < 1.29 is 9.47 Å². The predicted molar refractivity (Wildman–Crippen MR) is 76.2 cm³/mol. The minimum absolute atomic E-state index is 0.356. The molecule has 0 bridgehead atoms. The summed E-state index contributed by atoms with van der Waals surface area (Å²) in [5, 5.41) is 0. The fourth-order valence-electron chi connectivity index (χ4n) is 4.07. The average Bonchev–Trinajstić information content (AvgIpc) is 3.02. The monoisotopic (exact) mass is 265 g/mol. The molecule has 1 saturated carbocycles. The molecule has 3 atom stereocenters. The van der Waals surface area contributed by atoms with Gasteiger partial charge in [-0.05, 0) is 18.8 Å². The van der Waals surface area contributed by atoms with E-state index in [2.05, 4.69) is 11.5 Å². The Bertz CT molecular complexity index is 301. The normalized spacial score (nSPS) is 36.5. The first kappa shape index (κ1) is 13.6. The molecule has 108 valence electrons. The third-order valence-corrected chi connectivity index (χ3v) is 5.10. The SMILES string of the molecule is C=CCO[C@@H]1CN(CC2CCCCC2)[C@@H]2COC[C@@H]21. The Balaban J connectivity index is 1.57. The van der Waals surface area contributed by atoms with Gasteiger partial charge in [-0.3, -0.25) is 4.90 Å². The highest BCUT2D eigenvalue weighted by molar-refractivity contribution is 4.98. The van der Waals surface area contributed by atoms with E-state index in [4.69, 9.17) is 9.47 Å². The Labute approximate surface area is 116 Å². The summed E-state index contributed by atoms with van der Waals surface area (Å²) in [5.74, 6) is 1.50. The Hall–Kier alpha value is -0.380. The van der Waals surface area contributed by atoms with Crippen molar-refractivity contribution in [2.75, 3.05) is 32.9 Å². The van der Waals surface area contributed by atoms with Crippen LogP contribution in [0, 0.1) is 11.8 Å². The van der Waals surface area contributed by atoms with E-state index in [0.717, 1.165) is 25.7 Å². The highest BCUT2D eigenvalue weighted by Crippen LogP contribution is 2.34. The summed E-state index contributed by atoms with van der Waals surface area (Å²) < 4.78 is 11.6. The molecule has 0 radical (unpaired) electrons. The summed E-state index contributed by atoms with van der Waals surface area (Å²) in [6, 6.07) is 0.608. The average molecular weight is 265 g/mol. The smallest absolute Gasteiger partial charge is 0.0772 e. The van der Waals surface area contributed by atoms with E-state index in [-0.39, 0.29) is 0 Å². The first-order valence-corrected chi connectivity index (χ1v) is 7.93. The number of rotatable bonds is 5. The van der Waals surface area contributed by atoms with Crippen molar-refractivity contribution in [3.05, 3.63) is 12.7 Å². The molecule has 1 aliphatic carbocycles. The van der Waals surface area contributed by atoms with Crippen molar-refractivity contribution >= 4 is 0 Å². The van der Waals surface area contributed by atoms with E-state index in [1.165, 1.54) is 38.6 Å². The zero-order chi connectivity index (χ0) is 13.1. The van der Waals surface area contributed by atoms with E-state index in [1.54, 1.807) is 0 Å².